The van der Waals surface area contributed by atoms with Gasteiger partial charge in [-0.1, -0.05) is 23.7 Å². The van der Waals surface area contributed by atoms with E-state index in [0.717, 1.165) is 24.2 Å². The van der Waals surface area contributed by atoms with Crippen LogP contribution in [0.2, 0.25) is 5.02 Å². The highest BCUT2D eigenvalue weighted by Gasteiger charge is 2.40. The molecule has 2 aliphatic rings. The van der Waals surface area contributed by atoms with Crippen molar-refractivity contribution >= 4 is 11.6 Å². The smallest absolute Gasteiger partial charge is 0.0894 e. The summed E-state index contributed by atoms with van der Waals surface area (Å²) >= 11 is 5.96. The summed E-state index contributed by atoms with van der Waals surface area (Å²) in [6, 6.07) is 9.10. The molecular formula is C14H19ClN2O. The van der Waals surface area contributed by atoms with E-state index >= 15 is 0 Å². The molecule has 1 aliphatic heterocycles. The first-order valence-corrected chi connectivity index (χ1v) is 7.00. The number of hydrogen-bond donors (Lipinski definition) is 1. The van der Waals surface area contributed by atoms with Crippen LogP contribution >= 0.6 is 11.6 Å². The van der Waals surface area contributed by atoms with Crippen LogP contribution in [0, 0.1) is 0 Å². The van der Waals surface area contributed by atoms with Crippen molar-refractivity contribution in [3.8, 4) is 0 Å². The van der Waals surface area contributed by atoms with Gasteiger partial charge in [0.15, 0.2) is 0 Å². The first-order valence-electron chi connectivity index (χ1n) is 6.62. The molecule has 0 bridgehead atoms. The summed E-state index contributed by atoms with van der Waals surface area (Å²) in [5.74, 6) is 0. The number of hydrogen-bond acceptors (Lipinski definition) is 3. The summed E-state index contributed by atoms with van der Waals surface area (Å²) < 4.78 is 5.83. The molecule has 1 aliphatic carbocycles. The highest BCUT2D eigenvalue weighted by molar-refractivity contribution is 6.30. The largest absolute Gasteiger partial charge is 0.374 e. The zero-order chi connectivity index (χ0) is 12.5. The number of halogens is 1. The molecule has 18 heavy (non-hydrogen) atoms. The van der Waals surface area contributed by atoms with Crippen molar-refractivity contribution in [2.45, 2.75) is 31.0 Å². The topological polar surface area (TPSA) is 38.5 Å². The summed E-state index contributed by atoms with van der Waals surface area (Å²) in [6.45, 7) is 2.37. The van der Waals surface area contributed by atoms with Crippen LogP contribution in [0.4, 0.5) is 0 Å². The zero-order valence-corrected chi connectivity index (χ0v) is 11.1. The third kappa shape index (κ3) is 2.41. The minimum atomic E-state index is 0.0977. The number of rotatable bonds is 3. The van der Waals surface area contributed by atoms with Crippen molar-refractivity contribution in [3.63, 3.8) is 0 Å². The lowest BCUT2D eigenvalue weighted by Gasteiger charge is -2.41. The quantitative estimate of drug-likeness (QED) is 0.912. The van der Waals surface area contributed by atoms with Crippen molar-refractivity contribution < 1.29 is 4.74 Å². The molecule has 2 N–H and O–H groups in total. The normalized spacial score (nSPS) is 29.4. The fourth-order valence-corrected chi connectivity index (χ4v) is 2.96. The Morgan fingerprint density at radius 1 is 1.28 bits per heavy atom. The van der Waals surface area contributed by atoms with Gasteiger partial charge in [0.2, 0.25) is 0 Å². The zero-order valence-electron chi connectivity index (χ0n) is 10.4. The Hall–Kier alpha value is -0.610. The SMILES string of the molecule is NCC1OCCN(C2CC2)C1c1ccc(Cl)cc1. The average molecular weight is 267 g/mol. The molecule has 0 radical (unpaired) electrons. The number of ether oxygens (including phenoxy) is 1. The molecule has 2 fully saturated rings. The molecule has 0 spiro atoms. The summed E-state index contributed by atoms with van der Waals surface area (Å²) in [7, 11) is 0. The second-order valence-corrected chi connectivity index (χ2v) is 5.55. The Morgan fingerprint density at radius 2 is 2.00 bits per heavy atom. The van der Waals surface area contributed by atoms with E-state index in [1.54, 1.807) is 0 Å². The van der Waals surface area contributed by atoms with Gasteiger partial charge in [0.25, 0.3) is 0 Å². The van der Waals surface area contributed by atoms with Gasteiger partial charge in [-0.2, -0.15) is 0 Å². The fraction of sp³-hybridized carbons (Fsp3) is 0.571. The van der Waals surface area contributed by atoms with E-state index in [1.165, 1.54) is 18.4 Å². The van der Waals surface area contributed by atoms with Gasteiger partial charge >= 0.3 is 0 Å². The van der Waals surface area contributed by atoms with Crippen molar-refractivity contribution in [1.29, 1.82) is 0 Å². The van der Waals surface area contributed by atoms with Gasteiger partial charge in [0.1, 0.15) is 0 Å². The first-order chi connectivity index (χ1) is 8.79. The standard InChI is InChI=1S/C14H19ClN2O/c15-11-3-1-10(2-4-11)14-13(9-16)18-8-7-17(14)12-5-6-12/h1-4,12-14H,5-9,16H2. The van der Waals surface area contributed by atoms with E-state index < -0.39 is 0 Å². The highest BCUT2D eigenvalue weighted by Crippen LogP contribution is 2.38. The van der Waals surface area contributed by atoms with Crippen LogP contribution in [0.1, 0.15) is 24.4 Å². The Bertz CT molecular complexity index is 405. The molecule has 2 unspecified atom stereocenters. The second kappa shape index (κ2) is 5.17. The van der Waals surface area contributed by atoms with Gasteiger partial charge in [0.05, 0.1) is 18.8 Å². The van der Waals surface area contributed by atoms with E-state index in [9.17, 15) is 0 Å². The van der Waals surface area contributed by atoms with Crippen molar-refractivity contribution in [3.05, 3.63) is 34.9 Å². The number of nitrogens with zero attached hydrogens (tertiary/aromatic N) is 1. The van der Waals surface area contributed by atoms with Crippen molar-refractivity contribution in [2.75, 3.05) is 19.7 Å². The number of benzene rings is 1. The van der Waals surface area contributed by atoms with Crippen LogP contribution in [0.5, 0.6) is 0 Å². The summed E-state index contributed by atoms with van der Waals surface area (Å²) in [5, 5.41) is 0.776. The molecule has 0 aromatic heterocycles. The van der Waals surface area contributed by atoms with Crippen LogP contribution < -0.4 is 5.73 Å². The predicted octanol–water partition coefficient (Wildman–Crippen LogP) is 2.20. The third-order valence-corrected chi connectivity index (χ3v) is 4.10. The Balaban J connectivity index is 1.89. The lowest BCUT2D eigenvalue weighted by molar-refractivity contribution is -0.0712. The summed E-state index contributed by atoms with van der Waals surface area (Å²) in [4.78, 5) is 2.56. The summed E-state index contributed by atoms with van der Waals surface area (Å²) in [5.41, 5.74) is 7.13. The van der Waals surface area contributed by atoms with Gasteiger partial charge in [-0.3, -0.25) is 4.90 Å². The van der Waals surface area contributed by atoms with E-state index in [1.807, 2.05) is 12.1 Å². The molecule has 98 valence electrons. The third-order valence-electron chi connectivity index (χ3n) is 3.85. The van der Waals surface area contributed by atoms with Gasteiger partial charge < -0.3 is 10.5 Å². The predicted molar refractivity (Wildman–Crippen MR) is 72.7 cm³/mol. The van der Waals surface area contributed by atoms with Gasteiger partial charge in [0, 0.05) is 24.2 Å². The molecule has 4 heteroatoms. The lowest BCUT2D eigenvalue weighted by atomic mass is 9.98. The maximum absolute atomic E-state index is 5.96. The van der Waals surface area contributed by atoms with E-state index in [0.29, 0.717) is 6.54 Å². The van der Waals surface area contributed by atoms with Crippen LogP contribution in [-0.2, 0) is 4.74 Å². The molecule has 2 atom stereocenters. The Kier molecular flexibility index (Phi) is 3.57. The van der Waals surface area contributed by atoms with E-state index in [2.05, 4.69) is 17.0 Å². The Morgan fingerprint density at radius 3 is 2.61 bits per heavy atom. The van der Waals surface area contributed by atoms with Crippen LogP contribution in [-0.4, -0.2) is 36.7 Å². The van der Waals surface area contributed by atoms with Crippen molar-refractivity contribution in [2.24, 2.45) is 5.73 Å². The van der Waals surface area contributed by atoms with Crippen molar-refractivity contribution in [1.82, 2.24) is 4.90 Å². The molecule has 1 aromatic carbocycles. The van der Waals surface area contributed by atoms with E-state index in [-0.39, 0.29) is 12.1 Å². The maximum atomic E-state index is 5.96. The monoisotopic (exact) mass is 266 g/mol. The molecule has 1 saturated carbocycles. The molecule has 1 heterocycles. The number of nitrogens with two attached hydrogens (primary N) is 1. The molecule has 1 aromatic rings. The van der Waals surface area contributed by atoms with E-state index in [4.69, 9.17) is 22.1 Å². The molecule has 0 amide bonds. The molecular weight excluding hydrogens is 248 g/mol. The Labute approximate surface area is 113 Å². The van der Waals surface area contributed by atoms with Crippen LogP contribution in [0.15, 0.2) is 24.3 Å². The average Bonchev–Trinajstić information content (AvgIpc) is 3.23. The van der Waals surface area contributed by atoms with Gasteiger partial charge in [-0.05, 0) is 30.5 Å². The number of morpholine rings is 1. The first kappa shape index (κ1) is 12.4. The molecule has 1 saturated heterocycles. The maximum Gasteiger partial charge on any atom is 0.0894 e. The highest BCUT2D eigenvalue weighted by atomic mass is 35.5. The minimum absolute atomic E-state index is 0.0977. The summed E-state index contributed by atoms with van der Waals surface area (Å²) in [6.07, 6.45) is 2.71. The van der Waals surface area contributed by atoms with Crippen LogP contribution in [0.3, 0.4) is 0 Å². The second-order valence-electron chi connectivity index (χ2n) is 5.11. The molecule has 3 rings (SSSR count). The lowest BCUT2D eigenvalue weighted by Crippen LogP contribution is -2.49. The van der Waals surface area contributed by atoms with Gasteiger partial charge in [-0.15, -0.1) is 0 Å². The minimum Gasteiger partial charge on any atom is -0.374 e. The van der Waals surface area contributed by atoms with Crippen LogP contribution in [0.25, 0.3) is 0 Å². The molecule has 3 nitrogen and oxygen atoms in total. The van der Waals surface area contributed by atoms with Gasteiger partial charge in [-0.25, -0.2) is 0 Å². The fourth-order valence-electron chi connectivity index (χ4n) is 2.83.